The minimum atomic E-state index is -0.411. The van der Waals surface area contributed by atoms with E-state index in [0.29, 0.717) is 5.92 Å². The van der Waals surface area contributed by atoms with Crippen LogP contribution >= 0.6 is 0 Å². The van der Waals surface area contributed by atoms with Gasteiger partial charge in [-0.05, 0) is 39.0 Å². The molecule has 1 amide bonds. The molecule has 2 fully saturated rings. The second kappa shape index (κ2) is 3.12. The Labute approximate surface area is 84.4 Å². The van der Waals surface area contributed by atoms with Gasteiger partial charge in [0.05, 0.1) is 6.17 Å². The Morgan fingerprint density at radius 3 is 2.64 bits per heavy atom. The van der Waals surface area contributed by atoms with Crippen LogP contribution in [0.4, 0.5) is 4.79 Å². The number of hydrogen-bond donors (Lipinski definition) is 2. The van der Waals surface area contributed by atoms with E-state index >= 15 is 0 Å². The van der Waals surface area contributed by atoms with Crippen LogP contribution in [0.15, 0.2) is 0 Å². The zero-order chi connectivity index (χ0) is 10.3. The first-order valence-electron chi connectivity index (χ1n) is 5.18. The third kappa shape index (κ3) is 2.18. The fourth-order valence-corrected chi connectivity index (χ4v) is 1.94. The van der Waals surface area contributed by atoms with Crippen LogP contribution in [0.1, 0.15) is 27.2 Å². The van der Waals surface area contributed by atoms with Crippen LogP contribution in [0.2, 0.25) is 0 Å². The van der Waals surface area contributed by atoms with E-state index < -0.39 is 5.60 Å². The lowest BCUT2D eigenvalue weighted by molar-refractivity contribution is 0.0493. The highest BCUT2D eigenvalue weighted by Gasteiger charge is 2.48. The number of fused-ring (bicyclic) bond motifs is 1. The molecule has 1 saturated heterocycles. The number of alkyl carbamates (subject to hydrolysis) is 1. The standard InChI is InChI=1S/C10H18N2O2/c1-10(2,3)14-9(13)12-8-7-4-6(7)5-11-8/h6-8,11H,4-5H2,1-3H3,(H,12,13). The van der Waals surface area contributed by atoms with Crippen molar-refractivity contribution < 1.29 is 9.53 Å². The van der Waals surface area contributed by atoms with Gasteiger partial charge in [0.25, 0.3) is 0 Å². The van der Waals surface area contributed by atoms with E-state index in [9.17, 15) is 4.79 Å². The average Bonchev–Trinajstić information content (AvgIpc) is 2.66. The lowest BCUT2D eigenvalue weighted by atomic mass is 10.2. The molecule has 1 aliphatic heterocycles. The van der Waals surface area contributed by atoms with Crippen molar-refractivity contribution in [2.24, 2.45) is 11.8 Å². The number of carbonyl (C=O) groups is 1. The van der Waals surface area contributed by atoms with Gasteiger partial charge in [-0.15, -0.1) is 0 Å². The molecule has 2 aliphatic rings. The van der Waals surface area contributed by atoms with Crippen molar-refractivity contribution in [1.82, 2.24) is 10.6 Å². The number of rotatable bonds is 1. The number of nitrogens with one attached hydrogen (secondary N) is 2. The van der Waals surface area contributed by atoms with E-state index in [0.717, 1.165) is 12.5 Å². The number of ether oxygens (including phenoxy) is 1. The highest BCUT2D eigenvalue weighted by atomic mass is 16.6. The maximum Gasteiger partial charge on any atom is 0.408 e. The van der Waals surface area contributed by atoms with Crippen LogP contribution in [0.3, 0.4) is 0 Å². The number of hydrogen-bond acceptors (Lipinski definition) is 3. The third-order valence-corrected chi connectivity index (χ3v) is 2.68. The molecule has 0 aromatic carbocycles. The summed E-state index contributed by atoms with van der Waals surface area (Å²) in [5.74, 6) is 1.43. The van der Waals surface area contributed by atoms with Crippen molar-refractivity contribution >= 4 is 6.09 Å². The summed E-state index contributed by atoms with van der Waals surface area (Å²) in [4.78, 5) is 11.4. The summed E-state index contributed by atoms with van der Waals surface area (Å²) in [6.07, 6.45) is 1.06. The molecule has 2 rings (SSSR count). The van der Waals surface area contributed by atoms with Gasteiger partial charge in [-0.25, -0.2) is 4.79 Å². The summed E-state index contributed by atoms with van der Waals surface area (Å²) < 4.78 is 5.18. The maximum atomic E-state index is 11.4. The van der Waals surface area contributed by atoms with E-state index in [1.807, 2.05) is 20.8 Å². The second-order valence-electron chi connectivity index (χ2n) is 5.19. The van der Waals surface area contributed by atoms with Gasteiger partial charge in [0, 0.05) is 6.54 Å². The van der Waals surface area contributed by atoms with Crippen LogP contribution < -0.4 is 10.6 Å². The van der Waals surface area contributed by atoms with E-state index in [1.54, 1.807) is 0 Å². The number of amides is 1. The first-order valence-corrected chi connectivity index (χ1v) is 5.18. The first kappa shape index (κ1) is 9.77. The van der Waals surface area contributed by atoms with E-state index in [-0.39, 0.29) is 12.3 Å². The molecule has 0 spiro atoms. The van der Waals surface area contributed by atoms with Crippen LogP contribution in [0, 0.1) is 11.8 Å². The van der Waals surface area contributed by atoms with Crippen molar-refractivity contribution in [3.8, 4) is 0 Å². The Kier molecular flexibility index (Phi) is 2.18. The zero-order valence-corrected chi connectivity index (χ0v) is 8.96. The van der Waals surface area contributed by atoms with Crippen LogP contribution in [-0.4, -0.2) is 24.4 Å². The quantitative estimate of drug-likeness (QED) is 0.662. The summed E-state index contributed by atoms with van der Waals surface area (Å²) in [6.45, 7) is 6.64. The normalized spacial score (nSPS) is 34.9. The van der Waals surface area contributed by atoms with Gasteiger partial charge in [-0.3, -0.25) is 5.32 Å². The van der Waals surface area contributed by atoms with Crippen LogP contribution in [0.25, 0.3) is 0 Å². The monoisotopic (exact) mass is 198 g/mol. The minimum Gasteiger partial charge on any atom is -0.444 e. The molecular formula is C10H18N2O2. The summed E-state index contributed by atoms with van der Waals surface area (Å²) in [7, 11) is 0. The van der Waals surface area contributed by atoms with Crippen LogP contribution in [0.5, 0.6) is 0 Å². The molecule has 4 nitrogen and oxygen atoms in total. The maximum absolute atomic E-state index is 11.4. The lowest BCUT2D eigenvalue weighted by Gasteiger charge is -2.22. The molecule has 3 atom stereocenters. The molecule has 3 unspecified atom stereocenters. The molecule has 0 aromatic rings. The predicted molar refractivity (Wildman–Crippen MR) is 52.8 cm³/mol. The summed E-state index contributed by atoms with van der Waals surface area (Å²) in [5, 5.41) is 6.12. The molecule has 0 bridgehead atoms. The SMILES string of the molecule is CC(C)(C)OC(=O)NC1NCC2CC21. The van der Waals surface area contributed by atoms with Crippen molar-refractivity contribution in [2.45, 2.75) is 39.0 Å². The molecular weight excluding hydrogens is 180 g/mol. The Bertz CT molecular complexity index is 247. The van der Waals surface area contributed by atoms with Gasteiger partial charge >= 0.3 is 6.09 Å². The third-order valence-electron chi connectivity index (χ3n) is 2.68. The summed E-state index contributed by atoms with van der Waals surface area (Å²) >= 11 is 0. The topological polar surface area (TPSA) is 50.4 Å². The zero-order valence-electron chi connectivity index (χ0n) is 8.96. The molecule has 4 heteroatoms. The number of carbonyl (C=O) groups excluding carboxylic acids is 1. The Hall–Kier alpha value is -0.770. The number of piperidine rings is 1. The molecule has 2 N–H and O–H groups in total. The van der Waals surface area contributed by atoms with E-state index in [1.165, 1.54) is 6.42 Å². The molecule has 1 saturated carbocycles. The van der Waals surface area contributed by atoms with Gasteiger partial charge in [0.15, 0.2) is 0 Å². The van der Waals surface area contributed by atoms with Gasteiger partial charge in [-0.2, -0.15) is 0 Å². The smallest absolute Gasteiger partial charge is 0.408 e. The highest BCUT2D eigenvalue weighted by Crippen LogP contribution is 2.44. The predicted octanol–water partition coefficient (Wildman–Crippen LogP) is 1.08. The Morgan fingerprint density at radius 2 is 2.21 bits per heavy atom. The van der Waals surface area contributed by atoms with Crippen molar-refractivity contribution in [2.75, 3.05) is 6.54 Å². The fourth-order valence-electron chi connectivity index (χ4n) is 1.94. The summed E-state index contributed by atoms with van der Waals surface area (Å²) in [5.41, 5.74) is -0.411. The van der Waals surface area contributed by atoms with Crippen molar-refractivity contribution in [1.29, 1.82) is 0 Å². The van der Waals surface area contributed by atoms with Gasteiger partial charge in [-0.1, -0.05) is 0 Å². The first-order chi connectivity index (χ1) is 6.46. The summed E-state index contributed by atoms with van der Waals surface area (Å²) in [6, 6.07) is 0. The van der Waals surface area contributed by atoms with E-state index in [4.69, 9.17) is 4.74 Å². The molecule has 1 aliphatic carbocycles. The lowest BCUT2D eigenvalue weighted by Crippen LogP contribution is -2.46. The minimum absolute atomic E-state index is 0.134. The molecule has 0 radical (unpaired) electrons. The largest absolute Gasteiger partial charge is 0.444 e. The van der Waals surface area contributed by atoms with Gasteiger partial charge in [0.2, 0.25) is 0 Å². The Morgan fingerprint density at radius 1 is 1.50 bits per heavy atom. The highest BCUT2D eigenvalue weighted by molar-refractivity contribution is 5.68. The average molecular weight is 198 g/mol. The van der Waals surface area contributed by atoms with Gasteiger partial charge < -0.3 is 10.1 Å². The van der Waals surface area contributed by atoms with Gasteiger partial charge in [0.1, 0.15) is 5.60 Å². The van der Waals surface area contributed by atoms with Crippen LogP contribution in [-0.2, 0) is 4.74 Å². The molecule has 0 aromatic heterocycles. The van der Waals surface area contributed by atoms with Crippen molar-refractivity contribution in [3.05, 3.63) is 0 Å². The fraction of sp³-hybridized carbons (Fsp3) is 0.900. The molecule has 1 heterocycles. The molecule has 80 valence electrons. The molecule has 14 heavy (non-hydrogen) atoms. The van der Waals surface area contributed by atoms with E-state index in [2.05, 4.69) is 10.6 Å². The van der Waals surface area contributed by atoms with Crippen molar-refractivity contribution in [3.63, 3.8) is 0 Å². The Balaban J connectivity index is 1.77. The second-order valence-corrected chi connectivity index (χ2v) is 5.19.